The zero-order chi connectivity index (χ0) is 17.4. The Morgan fingerprint density at radius 1 is 1.12 bits per heavy atom. The van der Waals surface area contributed by atoms with Gasteiger partial charge in [-0.15, -0.1) is 0 Å². The molecule has 0 aliphatic rings. The molecule has 24 heavy (non-hydrogen) atoms. The van der Waals surface area contributed by atoms with Crippen molar-refractivity contribution in [3.8, 4) is 6.07 Å². The summed E-state index contributed by atoms with van der Waals surface area (Å²) in [6.07, 6.45) is 3.96. The average molecular weight is 319 g/mol. The number of rotatable bonds is 6. The van der Waals surface area contributed by atoms with Crippen LogP contribution in [0, 0.1) is 11.3 Å². The van der Waals surface area contributed by atoms with Gasteiger partial charge in [-0.25, -0.2) is 0 Å². The first-order valence-electron chi connectivity index (χ1n) is 7.42. The molecule has 0 aliphatic carbocycles. The number of nitrogens with two attached hydrogens (primary N) is 1. The average Bonchev–Trinajstić information content (AvgIpc) is 2.61. The minimum Gasteiger partial charge on any atom is -0.368 e. The molecule has 0 heterocycles. The van der Waals surface area contributed by atoms with Gasteiger partial charge in [0, 0.05) is 5.56 Å². The summed E-state index contributed by atoms with van der Waals surface area (Å²) in [6, 6.07) is 17.0. The molecule has 2 aromatic carbocycles. The second kappa shape index (κ2) is 8.30. The Hall–Kier alpha value is -3.39. The Labute approximate surface area is 140 Å². The molecule has 0 saturated carbocycles. The van der Waals surface area contributed by atoms with Crippen molar-refractivity contribution in [3.05, 3.63) is 77.4 Å². The first kappa shape index (κ1) is 17.0. The number of carbonyl (C=O) groups is 2. The van der Waals surface area contributed by atoms with Gasteiger partial charge in [0.1, 0.15) is 6.04 Å². The van der Waals surface area contributed by atoms with Crippen molar-refractivity contribution in [2.24, 2.45) is 5.73 Å². The number of carbonyl (C=O) groups excluding carboxylic acids is 2. The lowest BCUT2D eigenvalue weighted by Gasteiger charge is -2.13. The molecular formula is C19H17N3O2. The maximum atomic E-state index is 12.2. The molecular weight excluding hydrogens is 302 g/mol. The highest BCUT2D eigenvalue weighted by molar-refractivity contribution is 5.97. The van der Waals surface area contributed by atoms with Gasteiger partial charge in [-0.3, -0.25) is 9.59 Å². The van der Waals surface area contributed by atoms with Crippen molar-refractivity contribution in [2.75, 3.05) is 0 Å². The molecule has 0 radical (unpaired) electrons. The Balaban J connectivity index is 2.00. The van der Waals surface area contributed by atoms with Crippen LogP contribution in [0.3, 0.4) is 0 Å². The third kappa shape index (κ3) is 4.82. The molecule has 2 aromatic rings. The van der Waals surface area contributed by atoms with Gasteiger partial charge in [-0.05, 0) is 36.2 Å². The Kier molecular flexibility index (Phi) is 5.87. The summed E-state index contributed by atoms with van der Waals surface area (Å²) in [4.78, 5) is 23.7. The third-order valence-electron chi connectivity index (χ3n) is 3.41. The molecule has 5 nitrogen and oxygen atoms in total. The van der Waals surface area contributed by atoms with Crippen LogP contribution in [0.15, 0.2) is 60.7 Å². The van der Waals surface area contributed by atoms with Crippen molar-refractivity contribution in [3.63, 3.8) is 0 Å². The van der Waals surface area contributed by atoms with Gasteiger partial charge in [-0.1, -0.05) is 42.5 Å². The van der Waals surface area contributed by atoms with Gasteiger partial charge in [0.2, 0.25) is 5.91 Å². The molecule has 0 fully saturated rings. The fourth-order valence-corrected chi connectivity index (χ4v) is 2.09. The smallest absolute Gasteiger partial charge is 0.251 e. The lowest BCUT2D eigenvalue weighted by Crippen LogP contribution is -2.44. The lowest BCUT2D eigenvalue weighted by atomic mass is 10.1. The fraction of sp³-hybridized carbons (Fsp3) is 0.105. The number of hydrogen-bond donors (Lipinski definition) is 2. The van der Waals surface area contributed by atoms with Crippen LogP contribution in [0.4, 0.5) is 0 Å². The summed E-state index contributed by atoms with van der Waals surface area (Å²) in [5.74, 6) is -1.01. The fourth-order valence-electron chi connectivity index (χ4n) is 2.09. The zero-order valence-corrected chi connectivity index (χ0v) is 13.0. The number of nitrogens with one attached hydrogen (secondary N) is 1. The minimum atomic E-state index is -0.798. The normalized spacial score (nSPS) is 11.6. The highest BCUT2D eigenvalue weighted by Crippen LogP contribution is 2.06. The quantitative estimate of drug-likeness (QED) is 0.854. The number of nitriles is 1. The van der Waals surface area contributed by atoms with Crippen molar-refractivity contribution < 1.29 is 9.59 Å². The molecule has 0 bridgehead atoms. The summed E-state index contributed by atoms with van der Waals surface area (Å²) < 4.78 is 0. The molecule has 5 heteroatoms. The van der Waals surface area contributed by atoms with E-state index < -0.39 is 17.9 Å². The van der Waals surface area contributed by atoms with Gasteiger partial charge in [0.15, 0.2) is 0 Å². The highest BCUT2D eigenvalue weighted by atomic mass is 16.2. The molecule has 120 valence electrons. The molecule has 0 aromatic heterocycles. The number of benzene rings is 2. The van der Waals surface area contributed by atoms with Crippen LogP contribution in [-0.2, 0) is 4.79 Å². The van der Waals surface area contributed by atoms with Crippen LogP contribution in [0.25, 0.3) is 6.08 Å². The molecule has 2 rings (SSSR count). The van der Waals surface area contributed by atoms with E-state index >= 15 is 0 Å². The van der Waals surface area contributed by atoms with Crippen LogP contribution in [-0.4, -0.2) is 17.9 Å². The van der Waals surface area contributed by atoms with Crippen molar-refractivity contribution in [1.82, 2.24) is 5.32 Å². The SMILES string of the molecule is N#Cc1ccc(C(=O)N[C@@H](C/C=C/c2ccccc2)C(N)=O)cc1. The summed E-state index contributed by atoms with van der Waals surface area (Å²) in [7, 11) is 0. The predicted molar refractivity (Wildman–Crippen MR) is 91.7 cm³/mol. The van der Waals surface area contributed by atoms with E-state index in [0.29, 0.717) is 17.5 Å². The Morgan fingerprint density at radius 3 is 2.38 bits per heavy atom. The van der Waals surface area contributed by atoms with Crippen LogP contribution in [0.1, 0.15) is 27.9 Å². The van der Waals surface area contributed by atoms with Gasteiger partial charge in [-0.2, -0.15) is 5.26 Å². The van der Waals surface area contributed by atoms with E-state index in [1.54, 1.807) is 18.2 Å². The highest BCUT2D eigenvalue weighted by Gasteiger charge is 2.17. The van der Waals surface area contributed by atoms with Crippen molar-refractivity contribution >= 4 is 17.9 Å². The molecule has 3 N–H and O–H groups in total. The topological polar surface area (TPSA) is 96.0 Å². The molecule has 0 saturated heterocycles. The van der Waals surface area contributed by atoms with Crippen LogP contribution in [0.5, 0.6) is 0 Å². The monoisotopic (exact) mass is 319 g/mol. The second-order valence-corrected chi connectivity index (χ2v) is 5.17. The largest absolute Gasteiger partial charge is 0.368 e. The standard InChI is InChI=1S/C19H17N3O2/c20-13-15-9-11-16(12-10-15)19(24)22-17(18(21)23)8-4-7-14-5-2-1-3-6-14/h1-7,9-12,17H,8H2,(H2,21,23)(H,22,24)/b7-4+/t17-/m0/s1. The van der Waals surface area contributed by atoms with Gasteiger partial charge in [0.05, 0.1) is 11.6 Å². The number of amides is 2. The van der Waals surface area contributed by atoms with Crippen LogP contribution < -0.4 is 11.1 Å². The summed E-state index contributed by atoms with van der Waals surface area (Å²) >= 11 is 0. The van der Waals surface area contributed by atoms with E-state index in [0.717, 1.165) is 5.56 Å². The van der Waals surface area contributed by atoms with E-state index in [1.165, 1.54) is 12.1 Å². The minimum absolute atomic E-state index is 0.298. The van der Waals surface area contributed by atoms with Gasteiger partial charge in [0.25, 0.3) is 5.91 Å². The first-order chi connectivity index (χ1) is 11.6. The van der Waals surface area contributed by atoms with Gasteiger partial charge >= 0.3 is 0 Å². The van der Waals surface area contributed by atoms with E-state index in [1.807, 2.05) is 42.5 Å². The number of nitrogens with zero attached hydrogens (tertiary/aromatic N) is 1. The van der Waals surface area contributed by atoms with Crippen molar-refractivity contribution in [1.29, 1.82) is 5.26 Å². The Morgan fingerprint density at radius 2 is 1.79 bits per heavy atom. The van der Waals surface area contributed by atoms with Crippen LogP contribution in [0.2, 0.25) is 0 Å². The van der Waals surface area contributed by atoms with Gasteiger partial charge < -0.3 is 11.1 Å². The zero-order valence-electron chi connectivity index (χ0n) is 13.0. The maximum absolute atomic E-state index is 12.2. The van der Waals surface area contributed by atoms with E-state index in [-0.39, 0.29) is 0 Å². The molecule has 0 spiro atoms. The maximum Gasteiger partial charge on any atom is 0.251 e. The molecule has 0 aliphatic heterocycles. The van der Waals surface area contributed by atoms with E-state index in [2.05, 4.69) is 5.32 Å². The summed E-state index contributed by atoms with van der Waals surface area (Å²) in [5, 5.41) is 11.4. The number of primary amides is 1. The summed E-state index contributed by atoms with van der Waals surface area (Å²) in [5.41, 5.74) is 7.19. The third-order valence-corrected chi connectivity index (χ3v) is 3.41. The number of hydrogen-bond acceptors (Lipinski definition) is 3. The second-order valence-electron chi connectivity index (χ2n) is 5.17. The van der Waals surface area contributed by atoms with E-state index in [9.17, 15) is 9.59 Å². The molecule has 0 unspecified atom stereocenters. The lowest BCUT2D eigenvalue weighted by molar-refractivity contribution is -0.119. The van der Waals surface area contributed by atoms with Crippen molar-refractivity contribution in [2.45, 2.75) is 12.5 Å². The first-order valence-corrected chi connectivity index (χ1v) is 7.42. The molecule has 2 amide bonds. The van der Waals surface area contributed by atoms with E-state index in [4.69, 9.17) is 11.0 Å². The molecule has 1 atom stereocenters. The van der Waals surface area contributed by atoms with Crippen LogP contribution >= 0.6 is 0 Å². The predicted octanol–water partition coefficient (Wildman–Crippen LogP) is 2.25. The Bertz CT molecular complexity index is 775. The summed E-state index contributed by atoms with van der Waals surface area (Å²) in [6.45, 7) is 0.